The Labute approximate surface area is 169 Å². The number of nitrogens with one attached hydrogen (secondary N) is 2. The van der Waals surface area contributed by atoms with Crippen LogP contribution in [0.25, 0.3) is 11.4 Å². The second-order valence-electron chi connectivity index (χ2n) is 7.17. The summed E-state index contributed by atoms with van der Waals surface area (Å²) >= 11 is 0. The third kappa shape index (κ3) is 4.01. The molecule has 2 N–H and O–H groups in total. The van der Waals surface area contributed by atoms with Crippen molar-refractivity contribution < 1.29 is 9.13 Å². The number of anilines is 3. The first-order chi connectivity index (χ1) is 14.1. The number of pyridine rings is 1. The lowest BCUT2D eigenvalue weighted by atomic mass is 10.1. The fraction of sp³-hybridized carbons (Fsp3) is 0.381. The number of halogens is 1. The topological polar surface area (TPSA) is 76.9 Å². The Balaban J connectivity index is 1.75. The lowest BCUT2D eigenvalue weighted by molar-refractivity contribution is 0.417. The maximum absolute atomic E-state index is 14.5. The van der Waals surface area contributed by atoms with Crippen LogP contribution in [0.3, 0.4) is 0 Å². The number of nitrogens with zero attached hydrogens (tertiary/aromatic N) is 4. The normalized spacial score (nSPS) is 13.4. The minimum absolute atomic E-state index is 0.383. The molecule has 0 saturated heterocycles. The van der Waals surface area contributed by atoms with E-state index in [0.29, 0.717) is 28.9 Å². The third-order valence-electron chi connectivity index (χ3n) is 4.96. The molecule has 4 rings (SSSR count). The van der Waals surface area contributed by atoms with E-state index in [1.165, 1.54) is 12.1 Å². The van der Waals surface area contributed by atoms with Gasteiger partial charge in [0.15, 0.2) is 11.6 Å². The number of ether oxygens (including phenoxy) is 1. The summed E-state index contributed by atoms with van der Waals surface area (Å²) in [5, 5.41) is 10.9. The first-order valence-electron chi connectivity index (χ1n) is 9.85. The van der Waals surface area contributed by atoms with Gasteiger partial charge in [0.2, 0.25) is 0 Å². The summed E-state index contributed by atoms with van der Waals surface area (Å²) in [6.45, 7) is 2.11. The van der Waals surface area contributed by atoms with Crippen LogP contribution in [-0.2, 0) is 6.42 Å². The first kappa shape index (κ1) is 19.2. The predicted octanol–water partition coefficient (Wildman–Crippen LogP) is 4.56. The maximum atomic E-state index is 14.5. The molecule has 1 saturated carbocycles. The monoisotopic (exact) mass is 396 g/mol. The zero-order valence-electron chi connectivity index (χ0n) is 16.9. The van der Waals surface area contributed by atoms with E-state index in [4.69, 9.17) is 4.74 Å². The quantitative estimate of drug-likeness (QED) is 0.581. The molecule has 0 aliphatic heterocycles. The Morgan fingerprint density at radius 2 is 2.03 bits per heavy atom. The Kier molecular flexibility index (Phi) is 5.33. The smallest absolute Gasteiger partial charge is 0.185 e. The molecule has 0 atom stereocenters. The molecule has 1 aliphatic rings. The summed E-state index contributed by atoms with van der Waals surface area (Å²) in [7, 11) is 3.38. The molecule has 0 unspecified atom stereocenters. The van der Waals surface area contributed by atoms with Crippen LogP contribution in [0.2, 0.25) is 0 Å². The molecule has 29 heavy (non-hydrogen) atoms. The number of methoxy groups -OCH3 is 1. The zero-order valence-corrected chi connectivity index (χ0v) is 16.9. The SMILES string of the molecule is CCCc1cnc(NC)cc1Nc1cc(F)cc(-c2ncn(C3CC3)n2)c1OC. The molecular weight excluding hydrogens is 371 g/mol. The van der Waals surface area contributed by atoms with Crippen LogP contribution in [0.1, 0.15) is 37.8 Å². The summed E-state index contributed by atoms with van der Waals surface area (Å²) in [6.07, 6.45) is 7.58. The van der Waals surface area contributed by atoms with Gasteiger partial charge in [0.25, 0.3) is 0 Å². The fourth-order valence-electron chi connectivity index (χ4n) is 3.34. The fourth-order valence-corrected chi connectivity index (χ4v) is 3.34. The van der Waals surface area contributed by atoms with Crippen LogP contribution >= 0.6 is 0 Å². The van der Waals surface area contributed by atoms with Gasteiger partial charge >= 0.3 is 0 Å². The molecule has 0 bridgehead atoms. The van der Waals surface area contributed by atoms with Crippen molar-refractivity contribution in [1.29, 1.82) is 0 Å². The molecule has 0 amide bonds. The number of rotatable bonds is 8. The maximum Gasteiger partial charge on any atom is 0.185 e. The average Bonchev–Trinajstić information content (AvgIpc) is 3.46. The van der Waals surface area contributed by atoms with E-state index in [1.54, 1.807) is 13.4 Å². The Bertz CT molecular complexity index is 1010. The molecule has 152 valence electrons. The van der Waals surface area contributed by atoms with Crippen LogP contribution in [0.5, 0.6) is 5.75 Å². The Morgan fingerprint density at radius 3 is 2.72 bits per heavy atom. The van der Waals surface area contributed by atoms with Gasteiger partial charge in [-0.15, -0.1) is 0 Å². The second-order valence-corrected chi connectivity index (χ2v) is 7.17. The third-order valence-corrected chi connectivity index (χ3v) is 4.96. The molecule has 1 fully saturated rings. The van der Waals surface area contributed by atoms with Gasteiger partial charge in [0, 0.05) is 31.1 Å². The Hall–Kier alpha value is -3.16. The lowest BCUT2D eigenvalue weighted by Gasteiger charge is -2.17. The number of benzene rings is 1. The van der Waals surface area contributed by atoms with E-state index in [1.807, 2.05) is 24.0 Å². The highest BCUT2D eigenvalue weighted by Gasteiger charge is 2.26. The van der Waals surface area contributed by atoms with Gasteiger partial charge < -0.3 is 15.4 Å². The van der Waals surface area contributed by atoms with Crippen LogP contribution < -0.4 is 15.4 Å². The largest absolute Gasteiger partial charge is 0.494 e. The van der Waals surface area contributed by atoms with Gasteiger partial charge in [-0.2, -0.15) is 5.10 Å². The lowest BCUT2D eigenvalue weighted by Crippen LogP contribution is -2.03. The van der Waals surface area contributed by atoms with Crippen molar-refractivity contribution in [3.63, 3.8) is 0 Å². The van der Waals surface area contributed by atoms with Gasteiger partial charge in [0.1, 0.15) is 18.0 Å². The molecule has 0 radical (unpaired) electrons. The number of aromatic nitrogens is 4. The molecule has 3 aromatic rings. The van der Waals surface area contributed by atoms with E-state index >= 15 is 0 Å². The predicted molar refractivity (Wildman–Crippen MR) is 111 cm³/mol. The van der Waals surface area contributed by atoms with E-state index < -0.39 is 0 Å². The van der Waals surface area contributed by atoms with Crippen LogP contribution in [0.4, 0.5) is 21.6 Å². The second kappa shape index (κ2) is 8.06. The van der Waals surface area contributed by atoms with Gasteiger partial charge in [-0.25, -0.2) is 19.0 Å². The summed E-state index contributed by atoms with van der Waals surface area (Å²) in [5.41, 5.74) is 2.96. The minimum atomic E-state index is -0.383. The first-order valence-corrected chi connectivity index (χ1v) is 9.85. The van der Waals surface area contributed by atoms with Gasteiger partial charge in [-0.05, 0) is 30.9 Å². The van der Waals surface area contributed by atoms with Gasteiger partial charge in [-0.1, -0.05) is 13.3 Å². The highest BCUT2D eigenvalue weighted by molar-refractivity contribution is 5.79. The van der Waals surface area contributed by atoms with Crippen LogP contribution in [-0.4, -0.2) is 33.9 Å². The summed E-state index contributed by atoms with van der Waals surface area (Å²) in [4.78, 5) is 8.77. The van der Waals surface area contributed by atoms with E-state index in [2.05, 4.69) is 32.6 Å². The van der Waals surface area contributed by atoms with Crippen LogP contribution in [0.15, 0.2) is 30.7 Å². The standard InChI is InChI=1S/C21H25FN6O/c1-4-5-13-11-24-19(23-2)10-17(13)26-18-9-14(22)8-16(20(18)29-3)21-25-12-28(27-21)15-6-7-15/h8-12,15H,4-7H2,1-3H3,(H2,23,24,26). The molecule has 0 spiro atoms. The minimum Gasteiger partial charge on any atom is -0.494 e. The van der Waals surface area contributed by atoms with Gasteiger partial charge in [0.05, 0.1) is 24.4 Å². The average molecular weight is 396 g/mol. The van der Waals surface area contributed by atoms with Crippen molar-refractivity contribution in [1.82, 2.24) is 19.7 Å². The highest BCUT2D eigenvalue weighted by atomic mass is 19.1. The van der Waals surface area contributed by atoms with Gasteiger partial charge in [-0.3, -0.25) is 0 Å². The molecular formula is C21H25FN6O. The molecule has 8 heteroatoms. The van der Waals surface area contributed by atoms with Crippen molar-refractivity contribution in [3.8, 4) is 17.1 Å². The molecule has 1 aromatic carbocycles. The van der Waals surface area contributed by atoms with E-state index in [-0.39, 0.29) is 5.82 Å². The molecule has 7 nitrogen and oxygen atoms in total. The van der Waals surface area contributed by atoms with Crippen molar-refractivity contribution in [2.75, 3.05) is 24.8 Å². The molecule has 2 aromatic heterocycles. The number of hydrogen-bond acceptors (Lipinski definition) is 6. The van der Waals surface area contributed by atoms with E-state index in [9.17, 15) is 4.39 Å². The summed E-state index contributed by atoms with van der Waals surface area (Å²) in [6, 6.07) is 5.15. The highest BCUT2D eigenvalue weighted by Crippen LogP contribution is 2.40. The number of hydrogen-bond donors (Lipinski definition) is 2. The van der Waals surface area contributed by atoms with Crippen molar-refractivity contribution in [2.45, 2.75) is 38.6 Å². The summed E-state index contributed by atoms with van der Waals surface area (Å²) < 4.78 is 22.0. The number of aryl methyl sites for hydroxylation is 1. The zero-order chi connectivity index (χ0) is 20.4. The van der Waals surface area contributed by atoms with Crippen molar-refractivity contribution in [3.05, 3.63) is 42.1 Å². The Morgan fingerprint density at radius 1 is 1.21 bits per heavy atom. The summed E-state index contributed by atoms with van der Waals surface area (Å²) in [5.74, 6) is 1.31. The van der Waals surface area contributed by atoms with Crippen molar-refractivity contribution in [2.24, 2.45) is 0 Å². The van der Waals surface area contributed by atoms with E-state index in [0.717, 1.165) is 42.8 Å². The molecule has 2 heterocycles. The molecule has 1 aliphatic carbocycles. The van der Waals surface area contributed by atoms with Crippen molar-refractivity contribution >= 4 is 17.2 Å². The van der Waals surface area contributed by atoms with Crippen LogP contribution in [0, 0.1) is 5.82 Å².